The first-order valence-corrected chi connectivity index (χ1v) is 4.90. The van der Waals surface area contributed by atoms with Gasteiger partial charge in [0, 0.05) is 11.5 Å². The molecule has 0 saturated carbocycles. The highest BCUT2D eigenvalue weighted by molar-refractivity contribution is 7.17. The number of carboxylic acid groups (broad SMARTS) is 1. The minimum absolute atomic E-state index is 1.32. The fourth-order valence-corrected chi connectivity index (χ4v) is 1.62. The summed E-state index contributed by atoms with van der Waals surface area (Å²) in [5.74, 6) is -3.01. The number of hydrogen-bond acceptors (Lipinski definition) is 3. The number of nitrogens with one attached hydrogen (secondary N) is 1. The van der Waals surface area contributed by atoms with Crippen LogP contribution in [0.15, 0.2) is 29.9 Å². The lowest BCUT2D eigenvalue weighted by Crippen LogP contribution is -2.37. The Kier molecular flexibility index (Phi) is 3.83. The van der Waals surface area contributed by atoms with E-state index in [9.17, 15) is 13.2 Å². The molecule has 3 nitrogen and oxygen atoms in total. The third kappa shape index (κ3) is 3.50. The zero-order valence-electron chi connectivity index (χ0n) is 7.75. The van der Waals surface area contributed by atoms with Crippen molar-refractivity contribution in [2.24, 2.45) is 0 Å². The number of carboxylic acids is 1. The predicted octanol–water partition coefficient (Wildman–Crippen LogP) is 1.01. The van der Waals surface area contributed by atoms with Gasteiger partial charge in [-0.1, -0.05) is 0 Å². The van der Waals surface area contributed by atoms with Crippen LogP contribution in [-0.2, 0) is 4.79 Å². The zero-order chi connectivity index (χ0) is 12.2. The molecule has 0 aliphatic rings. The monoisotopic (exact) mass is 249 g/mol. The van der Waals surface area contributed by atoms with E-state index in [-0.39, 0.29) is 0 Å². The van der Waals surface area contributed by atoms with Crippen molar-refractivity contribution >= 4 is 27.4 Å². The molecule has 0 saturated heterocycles. The van der Waals surface area contributed by atoms with E-state index in [0.717, 1.165) is 0 Å². The molecule has 0 unspecified atom stereocenters. The second kappa shape index (κ2) is 4.93. The van der Waals surface area contributed by atoms with E-state index in [4.69, 9.17) is 9.90 Å². The number of H-pyrrole nitrogens is 1. The average Bonchev–Trinajstić information content (AvgIpc) is 2.64. The van der Waals surface area contributed by atoms with E-state index < -0.39 is 12.1 Å². The summed E-state index contributed by atoms with van der Waals surface area (Å²) in [7, 11) is 0. The third-order valence-electron chi connectivity index (χ3n) is 1.53. The molecule has 0 spiro atoms. The fourth-order valence-electron chi connectivity index (χ4n) is 0.848. The van der Waals surface area contributed by atoms with Crippen molar-refractivity contribution in [3.05, 3.63) is 29.9 Å². The Labute approximate surface area is 92.2 Å². The third-order valence-corrected chi connectivity index (χ3v) is 2.41. The maximum atomic E-state index is 10.5. The van der Waals surface area contributed by atoms with Crippen LogP contribution in [-0.4, -0.2) is 12.1 Å². The lowest BCUT2D eigenvalue weighted by molar-refractivity contribution is -0.375. The van der Waals surface area contributed by atoms with Crippen LogP contribution < -0.4 is 10.1 Å². The molecule has 0 bridgehead atoms. The molecule has 1 N–H and O–H groups in total. The predicted molar refractivity (Wildman–Crippen MR) is 49.4 cm³/mol. The largest absolute Gasteiger partial charge is 0.542 e. The summed E-state index contributed by atoms with van der Waals surface area (Å²) in [6, 6.07) is 4.19. The summed E-state index contributed by atoms with van der Waals surface area (Å²) in [6.07, 6.45) is -1.24. The smallest absolute Gasteiger partial charge is 0.430 e. The zero-order valence-corrected chi connectivity index (χ0v) is 8.56. The topological polar surface area (TPSA) is 54.3 Å². The van der Waals surface area contributed by atoms with Gasteiger partial charge in [-0.2, -0.15) is 13.2 Å². The van der Waals surface area contributed by atoms with E-state index in [1.165, 1.54) is 10.1 Å². The van der Waals surface area contributed by atoms with Gasteiger partial charge in [0.25, 0.3) is 0 Å². The lowest BCUT2D eigenvalue weighted by Gasteiger charge is -2.03. The Morgan fingerprint density at radius 3 is 2.50 bits per heavy atom. The van der Waals surface area contributed by atoms with Crippen molar-refractivity contribution in [3.63, 3.8) is 0 Å². The molecule has 0 fully saturated rings. The van der Waals surface area contributed by atoms with Crippen LogP contribution in [0.5, 0.6) is 0 Å². The standard InChI is InChI=1S/C7H5NS.C2HF3O2/c1-3-8-5-7-6(1)2-4-9-7;3-2(4,5)1(6)7/h1-5H;(H,6,7). The van der Waals surface area contributed by atoms with Crippen LogP contribution in [0.25, 0.3) is 10.1 Å². The summed E-state index contributed by atoms with van der Waals surface area (Å²) in [5, 5.41) is 12.2. The van der Waals surface area contributed by atoms with Gasteiger partial charge in [-0.15, -0.1) is 11.3 Å². The van der Waals surface area contributed by atoms with Gasteiger partial charge in [0.2, 0.25) is 0 Å². The molecule has 0 atom stereocenters. The van der Waals surface area contributed by atoms with Crippen molar-refractivity contribution in [2.45, 2.75) is 6.18 Å². The van der Waals surface area contributed by atoms with E-state index in [1.807, 2.05) is 12.4 Å². The van der Waals surface area contributed by atoms with Crippen molar-refractivity contribution in [3.8, 4) is 0 Å². The first kappa shape index (κ1) is 12.4. The molecule has 2 aromatic heterocycles. The van der Waals surface area contributed by atoms with Crippen molar-refractivity contribution in [1.82, 2.24) is 0 Å². The molecule has 0 aromatic carbocycles. The first-order chi connectivity index (χ1) is 7.41. The lowest BCUT2D eigenvalue weighted by atomic mass is 10.3. The molecular weight excluding hydrogens is 243 g/mol. The molecular formula is C9H6F3NO2S. The van der Waals surface area contributed by atoms with Gasteiger partial charge < -0.3 is 9.90 Å². The SMILES string of the molecule is O=C([O-])C(F)(F)F.c1cc2ccsc2c[nH+]1. The minimum atomic E-state index is -5.19. The van der Waals surface area contributed by atoms with E-state index in [0.29, 0.717) is 0 Å². The average molecular weight is 249 g/mol. The highest BCUT2D eigenvalue weighted by atomic mass is 32.1. The van der Waals surface area contributed by atoms with Gasteiger partial charge in [0.05, 0.1) is 4.70 Å². The number of aromatic amines is 1. The molecule has 16 heavy (non-hydrogen) atoms. The maximum absolute atomic E-state index is 10.5. The Bertz CT molecular complexity index is 451. The molecule has 2 rings (SSSR count). The number of carbonyl (C=O) groups is 1. The Morgan fingerprint density at radius 1 is 1.38 bits per heavy atom. The highest BCUT2D eigenvalue weighted by Crippen LogP contribution is 2.16. The second-order valence-electron chi connectivity index (χ2n) is 2.67. The molecule has 0 aliphatic heterocycles. The van der Waals surface area contributed by atoms with Gasteiger partial charge >= 0.3 is 6.18 Å². The molecule has 2 aromatic rings. The van der Waals surface area contributed by atoms with Gasteiger partial charge in [-0.3, -0.25) is 0 Å². The van der Waals surface area contributed by atoms with E-state index >= 15 is 0 Å². The molecule has 0 amide bonds. The molecule has 86 valence electrons. The maximum Gasteiger partial charge on any atom is 0.430 e. The van der Waals surface area contributed by atoms with Crippen LogP contribution in [0.1, 0.15) is 0 Å². The van der Waals surface area contributed by atoms with Crippen LogP contribution in [0.3, 0.4) is 0 Å². The number of aliphatic carboxylic acids is 1. The summed E-state index contributed by atoms with van der Waals surface area (Å²) in [6.45, 7) is 0. The minimum Gasteiger partial charge on any atom is -0.542 e. The number of carbonyl (C=O) groups excluding carboxylic acids is 1. The van der Waals surface area contributed by atoms with Crippen molar-refractivity contribution in [1.29, 1.82) is 0 Å². The quantitative estimate of drug-likeness (QED) is 0.699. The Hall–Kier alpha value is -1.63. The normalized spacial score (nSPS) is 10.7. The van der Waals surface area contributed by atoms with Gasteiger partial charge in [0.15, 0.2) is 12.4 Å². The van der Waals surface area contributed by atoms with Crippen LogP contribution in [0, 0.1) is 0 Å². The van der Waals surface area contributed by atoms with Crippen LogP contribution in [0.2, 0.25) is 0 Å². The number of rotatable bonds is 0. The van der Waals surface area contributed by atoms with E-state index in [2.05, 4.69) is 22.5 Å². The molecule has 7 heteroatoms. The molecule has 0 aliphatic carbocycles. The molecule has 0 radical (unpaired) electrons. The van der Waals surface area contributed by atoms with Gasteiger partial charge in [-0.05, 0) is 11.4 Å². The summed E-state index contributed by atoms with van der Waals surface area (Å²) in [5.41, 5.74) is 0. The number of halogens is 3. The number of thiophene rings is 1. The highest BCUT2D eigenvalue weighted by Gasteiger charge is 2.28. The number of fused-ring (bicyclic) bond motifs is 1. The van der Waals surface area contributed by atoms with Crippen molar-refractivity contribution < 1.29 is 28.1 Å². The van der Waals surface area contributed by atoms with Crippen LogP contribution in [0.4, 0.5) is 13.2 Å². The number of aromatic nitrogens is 1. The molecule has 2 heterocycles. The van der Waals surface area contributed by atoms with Gasteiger partial charge in [0.1, 0.15) is 5.97 Å². The Morgan fingerprint density at radius 2 is 2.00 bits per heavy atom. The number of pyridine rings is 1. The van der Waals surface area contributed by atoms with Gasteiger partial charge in [-0.25, -0.2) is 4.98 Å². The Balaban J connectivity index is 0.000000168. The van der Waals surface area contributed by atoms with Crippen LogP contribution >= 0.6 is 11.3 Å². The van der Waals surface area contributed by atoms with E-state index in [1.54, 1.807) is 11.3 Å². The fraction of sp³-hybridized carbons (Fsp3) is 0.111. The summed E-state index contributed by atoms with van der Waals surface area (Å²) in [4.78, 5) is 11.8. The number of alkyl halides is 3. The summed E-state index contributed by atoms with van der Waals surface area (Å²) < 4.78 is 32.9. The summed E-state index contributed by atoms with van der Waals surface area (Å²) >= 11 is 1.76. The second-order valence-corrected chi connectivity index (χ2v) is 3.62. The first-order valence-electron chi connectivity index (χ1n) is 4.03. The van der Waals surface area contributed by atoms with Crippen molar-refractivity contribution in [2.75, 3.05) is 0 Å². The number of hydrogen-bond donors (Lipinski definition) is 0.